The molecule has 0 N–H and O–H groups in total. The molecule has 3 rings (SSSR count). The van der Waals surface area contributed by atoms with Gasteiger partial charge in [0.2, 0.25) is 0 Å². The smallest absolute Gasteiger partial charge is 0.310 e. The van der Waals surface area contributed by atoms with E-state index in [0.717, 1.165) is 45.7 Å². The molecule has 1 aromatic rings. The zero-order valence-corrected chi connectivity index (χ0v) is 13.2. The Morgan fingerprint density at radius 3 is 2.64 bits per heavy atom. The van der Waals surface area contributed by atoms with E-state index in [9.17, 15) is 4.79 Å². The summed E-state index contributed by atoms with van der Waals surface area (Å²) in [5.74, 6) is 0.947. The fourth-order valence-corrected chi connectivity index (χ4v) is 3.91. The van der Waals surface area contributed by atoms with Crippen LogP contribution in [0, 0.1) is 17.8 Å². The lowest BCUT2D eigenvalue weighted by molar-refractivity contribution is -0.147. The molecule has 2 unspecified atom stereocenters. The summed E-state index contributed by atoms with van der Waals surface area (Å²) >= 11 is 0. The van der Waals surface area contributed by atoms with Gasteiger partial charge >= 0.3 is 5.97 Å². The molecule has 0 bridgehead atoms. The van der Waals surface area contributed by atoms with Crippen molar-refractivity contribution < 1.29 is 14.3 Å². The van der Waals surface area contributed by atoms with Gasteiger partial charge in [-0.1, -0.05) is 30.3 Å². The van der Waals surface area contributed by atoms with Gasteiger partial charge in [0.05, 0.1) is 13.0 Å². The highest BCUT2D eigenvalue weighted by molar-refractivity contribution is 5.73. The van der Waals surface area contributed by atoms with Crippen LogP contribution in [0.5, 0.6) is 0 Å². The minimum absolute atomic E-state index is 0.0109. The van der Waals surface area contributed by atoms with Gasteiger partial charge in [0.1, 0.15) is 0 Å². The summed E-state index contributed by atoms with van der Waals surface area (Å²) in [6.07, 6.45) is 2.13. The molecule has 2 atom stereocenters. The molecule has 2 fully saturated rings. The summed E-state index contributed by atoms with van der Waals surface area (Å²) in [5.41, 5.74) is 1.30. The zero-order valence-electron chi connectivity index (χ0n) is 13.2. The van der Waals surface area contributed by atoms with Gasteiger partial charge in [0, 0.05) is 32.8 Å². The molecule has 4 nitrogen and oxygen atoms in total. The first-order valence-corrected chi connectivity index (χ1v) is 8.20. The van der Waals surface area contributed by atoms with Crippen LogP contribution < -0.4 is 0 Å². The van der Waals surface area contributed by atoms with E-state index in [0.29, 0.717) is 11.8 Å². The molecule has 2 aliphatic rings. The molecule has 2 heterocycles. The van der Waals surface area contributed by atoms with Crippen molar-refractivity contribution >= 4 is 5.97 Å². The van der Waals surface area contributed by atoms with Crippen LogP contribution in [0.1, 0.15) is 18.4 Å². The molecule has 2 saturated heterocycles. The van der Waals surface area contributed by atoms with Crippen LogP contribution in [0.4, 0.5) is 0 Å². The monoisotopic (exact) mass is 303 g/mol. The minimum Gasteiger partial charge on any atom is -0.469 e. The second-order valence-corrected chi connectivity index (χ2v) is 6.42. The summed E-state index contributed by atoms with van der Waals surface area (Å²) in [7, 11) is 1.50. The maximum atomic E-state index is 12.2. The molecule has 0 saturated carbocycles. The molecule has 4 heteroatoms. The summed E-state index contributed by atoms with van der Waals surface area (Å²) in [4.78, 5) is 14.6. The third-order valence-electron chi connectivity index (χ3n) is 5.07. The predicted molar refractivity (Wildman–Crippen MR) is 84.3 cm³/mol. The fourth-order valence-electron chi connectivity index (χ4n) is 3.91. The summed E-state index contributed by atoms with van der Waals surface area (Å²) in [6, 6.07) is 10.5. The zero-order chi connectivity index (χ0) is 15.4. The SMILES string of the molecule is COC(=O)C1CN(Cc2ccccc2)CC1C1CCOCC1. The van der Waals surface area contributed by atoms with Gasteiger partial charge in [-0.2, -0.15) is 0 Å². The van der Waals surface area contributed by atoms with Crippen molar-refractivity contribution in [3.63, 3.8) is 0 Å². The highest BCUT2D eigenvalue weighted by Crippen LogP contribution is 2.36. The molecule has 0 spiro atoms. The Balaban J connectivity index is 1.69. The van der Waals surface area contributed by atoms with E-state index in [2.05, 4.69) is 29.2 Å². The van der Waals surface area contributed by atoms with Crippen LogP contribution in [0.25, 0.3) is 0 Å². The lowest BCUT2D eigenvalue weighted by atomic mass is 9.79. The number of benzene rings is 1. The second kappa shape index (κ2) is 7.25. The van der Waals surface area contributed by atoms with Gasteiger partial charge in [-0.15, -0.1) is 0 Å². The topological polar surface area (TPSA) is 38.8 Å². The maximum Gasteiger partial charge on any atom is 0.310 e. The minimum atomic E-state index is -0.0490. The number of esters is 1. The van der Waals surface area contributed by atoms with Gasteiger partial charge in [0.15, 0.2) is 0 Å². The summed E-state index contributed by atoms with van der Waals surface area (Å²) < 4.78 is 10.5. The Kier molecular flexibility index (Phi) is 5.11. The average Bonchev–Trinajstić information content (AvgIpc) is 3.00. The Labute approximate surface area is 132 Å². The van der Waals surface area contributed by atoms with E-state index in [1.54, 1.807) is 0 Å². The third kappa shape index (κ3) is 3.50. The van der Waals surface area contributed by atoms with Crippen LogP contribution in [0.3, 0.4) is 0 Å². The predicted octanol–water partition coefficient (Wildman–Crippen LogP) is 2.33. The molecular weight excluding hydrogens is 278 g/mol. The number of rotatable bonds is 4. The lowest BCUT2D eigenvalue weighted by Gasteiger charge is -2.30. The summed E-state index contributed by atoms with van der Waals surface area (Å²) in [6.45, 7) is 4.36. The molecule has 0 aliphatic carbocycles. The molecule has 2 aliphatic heterocycles. The number of hydrogen-bond acceptors (Lipinski definition) is 4. The van der Waals surface area contributed by atoms with Gasteiger partial charge in [-0.25, -0.2) is 0 Å². The number of methoxy groups -OCH3 is 1. The number of nitrogens with zero attached hydrogens (tertiary/aromatic N) is 1. The van der Waals surface area contributed by atoms with Gasteiger partial charge in [-0.05, 0) is 30.2 Å². The normalized spacial score (nSPS) is 27.0. The first kappa shape index (κ1) is 15.5. The molecular formula is C18H25NO3. The van der Waals surface area contributed by atoms with Crippen molar-refractivity contribution in [2.45, 2.75) is 19.4 Å². The van der Waals surface area contributed by atoms with Crippen molar-refractivity contribution in [2.24, 2.45) is 17.8 Å². The Bertz CT molecular complexity index is 484. The van der Waals surface area contributed by atoms with E-state index >= 15 is 0 Å². The van der Waals surface area contributed by atoms with Crippen LogP contribution >= 0.6 is 0 Å². The summed E-state index contributed by atoms with van der Waals surface area (Å²) in [5, 5.41) is 0. The number of ether oxygens (including phenoxy) is 2. The number of likely N-dealkylation sites (tertiary alicyclic amines) is 1. The number of carbonyl (C=O) groups excluding carboxylic acids is 1. The highest BCUT2D eigenvalue weighted by atomic mass is 16.5. The van der Waals surface area contributed by atoms with Gasteiger partial charge < -0.3 is 9.47 Å². The van der Waals surface area contributed by atoms with E-state index < -0.39 is 0 Å². The largest absolute Gasteiger partial charge is 0.469 e. The number of carbonyl (C=O) groups is 1. The average molecular weight is 303 g/mol. The molecule has 120 valence electrons. The van der Waals surface area contributed by atoms with E-state index in [1.807, 2.05) is 6.07 Å². The van der Waals surface area contributed by atoms with E-state index in [4.69, 9.17) is 9.47 Å². The first-order chi connectivity index (χ1) is 10.8. The third-order valence-corrected chi connectivity index (χ3v) is 5.07. The molecule has 22 heavy (non-hydrogen) atoms. The van der Waals surface area contributed by atoms with Crippen LogP contribution in [0.15, 0.2) is 30.3 Å². The Morgan fingerprint density at radius 1 is 1.23 bits per heavy atom. The quantitative estimate of drug-likeness (QED) is 0.800. The van der Waals surface area contributed by atoms with Gasteiger partial charge in [-0.3, -0.25) is 9.69 Å². The van der Waals surface area contributed by atoms with Crippen molar-refractivity contribution in [1.29, 1.82) is 0 Å². The van der Waals surface area contributed by atoms with Gasteiger partial charge in [0.25, 0.3) is 0 Å². The Morgan fingerprint density at radius 2 is 1.95 bits per heavy atom. The van der Waals surface area contributed by atoms with E-state index in [-0.39, 0.29) is 11.9 Å². The van der Waals surface area contributed by atoms with E-state index in [1.165, 1.54) is 12.7 Å². The molecule has 0 amide bonds. The van der Waals surface area contributed by atoms with Crippen molar-refractivity contribution in [3.05, 3.63) is 35.9 Å². The highest BCUT2D eigenvalue weighted by Gasteiger charge is 2.42. The first-order valence-electron chi connectivity index (χ1n) is 8.20. The standard InChI is InChI=1S/C18H25NO3/c1-21-18(20)17-13-19(11-14-5-3-2-4-6-14)12-16(17)15-7-9-22-10-8-15/h2-6,15-17H,7-13H2,1H3. The molecule has 0 aromatic heterocycles. The fraction of sp³-hybridized carbons (Fsp3) is 0.611. The van der Waals surface area contributed by atoms with Crippen LogP contribution in [-0.4, -0.2) is 44.3 Å². The lowest BCUT2D eigenvalue weighted by Crippen LogP contribution is -2.32. The van der Waals surface area contributed by atoms with Crippen molar-refractivity contribution in [3.8, 4) is 0 Å². The van der Waals surface area contributed by atoms with Crippen LogP contribution in [-0.2, 0) is 20.8 Å². The Hall–Kier alpha value is -1.39. The molecule has 0 radical (unpaired) electrons. The second-order valence-electron chi connectivity index (χ2n) is 6.42. The van der Waals surface area contributed by atoms with Crippen molar-refractivity contribution in [1.82, 2.24) is 4.90 Å². The molecule has 1 aromatic carbocycles. The number of hydrogen-bond donors (Lipinski definition) is 0. The maximum absolute atomic E-state index is 12.2. The van der Waals surface area contributed by atoms with Crippen molar-refractivity contribution in [2.75, 3.05) is 33.4 Å². The van der Waals surface area contributed by atoms with Crippen LogP contribution in [0.2, 0.25) is 0 Å².